The van der Waals surface area contributed by atoms with E-state index in [9.17, 15) is 4.79 Å². The SMILES string of the molecule is CN(CCOCCOCCOC1CCNCC1)C(=O)OC(C)(C)C. The van der Waals surface area contributed by atoms with Crippen molar-refractivity contribution < 1.29 is 23.7 Å². The van der Waals surface area contributed by atoms with Gasteiger partial charge in [-0.1, -0.05) is 0 Å². The first kappa shape index (κ1) is 21.2. The molecule has 1 fully saturated rings. The Hall–Kier alpha value is -0.890. The van der Waals surface area contributed by atoms with Gasteiger partial charge in [0.2, 0.25) is 0 Å². The van der Waals surface area contributed by atoms with Crippen LogP contribution in [0.5, 0.6) is 0 Å². The first-order chi connectivity index (χ1) is 11.4. The van der Waals surface area contributed by atoms with Crippen LogP contribution in [0.3, 0.4) is 0 Å². The van der Waals surface area contributed by atoms with E-state index < -0.39 is 5.60 Å². The molecule has 0 saturated carbocycles. The van der Waals surface area contributed by atoms with Gasteiger partial charge in [-0.05, 0) is 46.7 Å². The summed E-state index contributed by atoms with van der Waals surface area (Å²) in [5, 5.41) is 3.31. The average Bonchev–Trinajstić information content (AvgIpc) is 2.52. The summed E-state index contributed by atoms with van der Waals surface area (Å²) in [6.07, 6.45) is 2.19. The van der Waals surface area contributed by atoms with Gasteiger partial charge in [0.15, 0.2) is 0 Å². The van der Waals surface area contributed by atoms with Crippen molar-refractivity contribution in [2.75, 3.05) is 59.7 Å². The fraction of sp³-hybridized carbons (Fsp3) is 0.941. The Balaban J connectivity index is 1.88. The predicted molar refractivity (Wildman–Crippen MR) is 92.3 cm³/mol. The Morgan fingerprint density at radius 2 is 1.62 bits per heavy atom. The Labute approximate surface area is 145 Å². The third kappa shape index (κ3) is 10.8. The molecule has 0 aliphatic carbocycles. The maximum Gasteiger partial charge on any atom is 0.410 e. The highest BCUT2D eigenvalue weighted by molar-refractivity contribution is 5.67. The first-order valence-corrected chi connectivity index (χ1v) is 8.80. The van der Waals surface area contributed by atoms with E-state index in [-0.39, 0.29) is 6.09 Å². The summed E-state index contributed by atoms with van der Waals surface area (Å²) in [5.41, 5.74) is -0.476. The zero-order valence-electron chi connectivity index (χ0n) is 15.6. The molecule has 1 aliphatic heterocycles. The van der Waals surface area contributed by atoms with Crippen molar-refractivity contribution in [2.45, 2.75) is 45.3 Å². The van der Waals surface area contributed by atoms with Gasteiger partial charge in [0, 0.05) is 13.6 Å². The number of nitrogens with one attached hydrogen (secondary N) is 1. The molecule has 1 rings (SSSR count). The third-order valence-corrected chi connectivity index (χ3v) is 3.52. The summed E-state index contributed by atoms with van der Waals surface area (Å²) < 4.78 is 21.9. The molecule has 7 heteroatoms. The van der Waals surface area contributed by atoms with Crippen LogP contribution in [-0.4, -0.2) is 82.4 Å². The highest BCUT2D eigenvalue weighted by Gasteiger charge is 2.19. The lowest BCUT2D eigenvalue weighted by molar-refractivity contribution is -0.0215. The summed E-state index contributed by atoms with van der Waals surface area (Å²) in [5.74, 6) is 0. The number of ether oxygens (including phenoxy) is 4. The first-order valence-electron chi connectivity index (χ1n) is 8.80. The molecule has 1 aliphatic rings. The molecule has 1 heterocycles. The van der Waals surface area contributed by atoms with Crippen LogP contribution < -0.4 is 5.32 Å². The predicted octanol–water partition coefficient (Wildman–Crippen LogP) is 1.66. The molecule has 1 saturated heterocycles. The molecular formula is C17H34N2O5. The van der Waals surface area contributed by atoms with E-state index in [1.807, 2.05) is 20.8 Å². The monoisotopic (exact) mass is 346 g/mol. The zero-order valence-corrected chi connectivity index (χ0v) is 15.6. The molecule has 0 spiro atoms. The number of carbonyl (C=O) groups excluding carboxylic acids is 1. The zero-order chi connectivity index (χ0) is 17.8. The number of likely N-dealkylation sites (N-methyl/N-ethyl adjacent to an activating group) is 1. The quantitative estimate of drug-likeness (QED) is 0.607. The van der Waals surface area contributed by atoms with Gasteiger partial charge in [0.25, 0.3) is 0 Å². The lowest BCUT2D eigenvalue weighted by atomic mass is 10.1. The molecule has 0 bridgehead atoms. The van der Waals surface area contributed by atoms with Crippen molar-refractivity contribution in [1.29, 1.82) is 0 Å². The molecule has 0 aromatic rings. The van der Waals surface area contributed by atoms with Crippen LogP contribution in [0.4, 0.5) is 4.79 Å². The van der Waals surface area contributed by atoms with Gasteiger partial charge in [-0.3, -0.25) is 0 Å². The van der Waals surface area contributed by atoms with Crippen molar-refractivity contribution in [3.05, 3.63) is 0 Å². The topological polar surface area (TPSA) is 69.3 Å². The molecule has 142 valence electrons. The van der Waals surface area contributed by atoms with Gasteiger partial charge in [0.1, 0.15) is 5.60 Å². The largest absolute Gasteiger partial charge is 0.444 e. The number of hydrogen-bond acceptors (Lipinski definition) is 6. The van der Waals surface area contributed by atoms with E-state index in [0.717, 1.165) is 25.9 Å². The third-order valence-electron chi connectivity index (χ3n) is 3.52. The smallest absolute Gasteiger partial charge is 0.410 e. The molecule has 0 atom stereocenters. The molecule has 0 radical (unpaired) electrons. The van der Waals surface area contributed by atoms with Gasteiger partial charge >= 0.3 is 6.09 Å². The summed E-state index contributed by atoms with van der Waals surface area (Å²) >= 11 is 0. The number of amides is 1. The maximum atomic E-state index is 11.7. The summed E-state index contributed by atoms with van der Waals surface area (Å²) in [4.78, 5) is 13.2. The Morgan fingerprint density at radius 3 is 2.25 bits per heavy atom. The maximum absolute atomic E-state index is 11.7. The molecule has 7 nitrogen and oxygen atoms in total. The van der Waals surface area contributed by atoms with E-state index in [4.69, 9.17) is 18.9 Å². The van der Waals surface area contributed by atoms with E-state index in [1.54, 1.807) is 7.05 Å². The lowest BCUT2D eigenvalue weighted by Gasteiger charge is -2.24. The van der Waals surface area contributed by atoms with Crippen molar-refractivity contribution in [2.24, 2.45) is 0 Å². The van der Waals surface area contributed by atoms with Crippen molar-refractivity contribution >= 4 is 6.09 Å². The minimum atomic E-state index is -0.476. The Morgan fingerprint density at radius 1 is 1.04 bits per heavy atom. The van der Waals surface area contributed by atoms with Crippen LogP contribution in [-0.2, 0) is 18.9 Å². The van der Waals surface area contributed by atoms with Gasteiger partial charge < -0.3 is 29.2 Å². The number of carbonyl (C=O) groups is 1. The van der Waals surface area contributed by atoms with Crippen molar-refractivity contribution in [3.63, 3.8) is 0 Å². The van der Waals surface area contributed by atoms with Gasteiger partial charge in [-0.25, -0.2) is 4.79 Å². The van der Waals surface area contributed by atoms with Crippen LogP contribution in [0.1, 0.15) is 33.6 Å². The highest BCUT2D eigenvalue weighted by Crippen LogP contribution is 2.09. The Bertz CT molecular complexity index is 340. The van der Waals surface area contributed by atoms with Crippen LogP contribution >= 0.6 is 0 Å². The van der Waals surface area contributed by atoms with Crippen LogP contribution in [0.15, 0.2) is 0 Å². The van der Waals surface area contributed by atoms with Crippen LogP contribution in [0, 0.1) is 0 Å². The normalized spacial score (nSPS) is 16.2. The van der Waals surface area contributed by atoms with Gasteiger partial charge in [0.05, 0.1) is 39.1 Å². The molecule has 24 heavy (non-hydrogen) atoms. The number of piperidine rings is 1. The second kappa shape index (κ2) is 11.6. The fourth-order valence-electron chi connectivity index (χ4n) is 2.19. The highest BCUT2D eigenvalue weighted by atomic mass is 16.6. The second-order valence-corrected chi connectivity index (χ2v) is 6.95. The van der Waals surface area contributed by atoms with Gasteiger partial charge in [-0.15, -0.1) is 0 Å². The molecular weight excluding hydrogens is 312 g/mol. The second-order valence-electron chi connectivity index (χ2n) is 6.95. The number of nitrogens with zero attached hydrogens (tertiary/aromatic N) is 1. The van der Waals surface area contributed by atoms with E-state index in [2.05, 4.69) is 5.32 Å². The standard InChI is InChI=1S/C17H34N2O5/c1-17(2,3)24-16(20)19(4)9-10-21-11-12-22-13-14-23-15-5-7-18-8-6-15/h15,18H,5-14H2,1-4H3. The summed E-state index contributed by atoms with van der Waals surface area (Å²) in [6.45, 7) is 10.8. The van der Waals surface area contributed by atoms with Gasteiger partial charge in [-0.2, -0.15) is 0 Å². The molecule has 0 unspecified atom stereocenters. The molecule has 0 aromatic carbocycles. The molecule has 1 N–H and O–H groups in total. The summed E-state index contributed by atoms with van der Waals surface area (Å²) in [7, 11) is 1.70. The lowest BCUT2D eigenvalue weighted by Crippen LogP contribution is -2.36. The van der Waals surface area contributed by atoms with Crippen LogP contribution in [0.25, 0.3) is 0 Å². The molecule has 0 aromatic heterocycles. The van der Waals surface area contributed by atoms with E-state index in [0.29, 0.717) is 45.7 Å². The average molecular weight is 346 g/mol. The molecule has 1 amide bonds. The minimum Gasteiger partial charge on any atom is -0.444 e. The van der Waals surface area contributed by atoms with E-state index in [1.165, 1.54) is 4.90 Å². The fourth-order valence-corrected chi connectivity index (χ4v) is 2.19. The summed E-state index contributed by atoms with van der Waals surface area (Å²) in [6, 6.07) is 0. The van der Waals surface area contributed by atoms with Crippen LogP contribution in [0.2, 0.25) is 0 Å². The van der Waals surface area contributed by atoms with Crippen molar-refractivity contribution in [1.82, 2.24) is 10.2 Å². The number of rotatable bonds is 10. The minimum absolute atomic E-state index is 0.336. The number of hydrogen-bond donors (Lipinski definition) is 1. The van der Waals surface area contributed by atoms with Crippen molar-refractivity contribution in [3.8, 4) is 0 Å². The Kier molecular flexibility index (Phi) is 10.2. The van der Waals surface area contributed by atoms with E-state index >= 15 is 0 Å².